The van der Waals surface area contributed by atoms with Gasteiger partial charge in [-0.15, -0.1) is 11.8 Å². The SMILES string of the molecule is COc1ccc(-c2ccc(C(=CCSc3ccc(OC(C)C(=O)O)cc3)c3ccc(F)cc3)cc2)cc1. The van der Waals surface area contributed by atoms with E-state index in [0.717, 1.165) is 38.5 Å². The van der Waals surface area contributed by atoms with Crippen molar-refractivity contribution in [2.24, 2.45) is 0 Å². The van der Waals surface area contributed by atoms with Crippen molar-refractivity contribution in [1.82, 2.24) is 0 Å². The van der Waals surface area contributed by atoms with Crippen LogP contribution in [0.2, 0.25) is 0 Å². The van der Waals surface area contributed by atoms with E-state index < -0.39 is 12.1 Å². The summed E-state index contributed by atoms with van der Waals surface area (Å²) in [4.78, 5) is 12.0. The van der Waals surface area contributed by atoms with Crippen LogP contribution >= 0.6 is 11.8 Å². The van der Waals surface area contributed by atoms with E-state index in [0.29, 0.717) is 11.5 Å². The van der Waals surface area contributed by atoms with E-state index in [1.54, 1.807) is 43.1 Å². The van der Waals surface area contributed by atoms with Crippen LogP contribution in [-0.4, -0.2) is 30.0 Å². The molecule has 37 heavy (non-hydrogen) atoms. The average Bonchev–Trinajstić information content (AvgIpc) is 2.93. The van der Waals surface area contributed by atoms with Gasteiger partial charge in [-0.25, -0.2) is 9.18 Å². The Kier molecular flexibility index (Phi) is 8.64. The summed E-state index contributed by atoms with van der Waals surface area (Å²) < 4.78 is 24.2. The summed E-state index contributed by atoms with van der Waals surface area (Å²) in [7, 11) is 1.65. The molecule has 0 amide bonds. The molecule has 1 N–H and O–H groups in total. The highest BCUT2D eigenvalue weighted by atomic mass is 32.2. The van der Waals surface area contributed by atoms with E-state index in [1.807, 2.05) is 36.4 Å². The first-order chi connectivity index (χ1) is 17.9. The van der Waals surface area contributed by atoms with Crippen molar-refractivity contribution in [2.45, 2.75) is 17.9 Å². The maximum absolute atomic E-state index is 13.6. The molecule has 0 spiro atoms. The van der Waals surface area contributed by atoms with Gasteiger partial charge in [-0.2, -0.15) is 0 Å². The number of thioether (sulfide) groups is 1. The number of carbonyl (C=O) groups is 1. The molecule has 0 radical (unpaired) electrons. The molecule has 4 aromatic rings. The number of aliphatic carboxylic acids is 1. The lowest BCUT2D eigenvalue weighted by atomic mass is 9.95. The van der Waals surface area contributed by atoms with Gasteiger partial charge in [0, 0.05) is 10.6 Å². The molecular weight excluding hydrogens is 487 g/mol. The Morgan fingerprint density at radius 3 is 1.89 bits per heavy atom. The topological polar surface area (TPSA) is 55.8 Å². The molecule has 1 atom stereocenters. The van der Waals surface area contributed by atoms with Gasteiger partial charge in [0.1, 0.15) is 17.3 Å². The Morgan fingerprint density at radius 2 is 1.35 bits per heavy atom. The number of hydrogen-bond donors (Lipinski definition) is 1. The Morgan fingerprint density at radius 1 is 0.838 bits per heavy atom. The van der Waals surface area contributed by atoms with Gasteiger partial charge >= 0.3 is 5.97 Å². The third kappa shape index (κ3) is 7.02. The van der Waals surface area contributed by atoms with Crippen LogP contribution in [0.4, 0.5) is 4.39 Å². The number of benzene rings is 4. The van der Waals surface area contributed by atoms with Crippen LogP contribution in [-0.2, 0) is 4.79 Å². The van der Waals surface area contributed by atoms with Crippen LogP contribution in [0, 0.1) is 5.82 Å². The molecule has 4 nitrogen and oxygen atoms in total. The Balaban J connectivity index is 1.52. The van der Waals surface area contributed by atoms with E-state index in [4.69, 9.17) is 14.6 Å². The van der Waals surface area contributed by atoms with E-state index in [1.165, 1.54) is 19.1 Å². The van der Waals surface area contributed by atoms with Gasteiger partial charge in [0.15, 0.2) is 6.10 Å². The molecular formula is C31H27FO4S. The molecule has 0 aliphatic rings. The van der Waals surface area contributed by atoms with Crippen molar-refractivity contribution in [3.05, 3.63) is 120 Å². The van der Waals surface area contributed by atoms with Crippen molar-refractivity contribution in [3.8, 4) is 22.6 Å². The van der Waals surface area contributed by atoms with Crippen LogP contribution in [0.25, 0.3) is 16.7 Å². The standard InChI is InChI=1S/C31H27FO4S/c1-21(31(33)34)36-28-15-17-29(18-16-28)37-20-19-30(25-7-11-26(32)12-8-25)24-5-3-22(4-6-24)23-9-13-27(35-2)14-10-23/h3-19,21H,20H2,1-2H3,(H,33,34). The quantitative estimate of drug-likeness (QED) is 0.221. The van der Waals surface area contributed by atoms with Gasteiger partial charge in [0.05, 0.1) is 7.11 Å². The van der Waals surface area contributed by atoms with E-state index in [2.05, 4.69) is 30.3 Å². The molecule has 6 heteroatoms. The highest BCUT2D eigenvalue weighted by Crippen LogP contribution is 2.30. The molecule has 0 aliphatic heterocycles. The van der Waals surface area contributed by atoms with Crippen LogP contribution in [0.15, 0.2) is 108 Å². The molecule has 188 valence electrons. The highest BCUT2D eigenvalue weighted by Gasteiger charge is 2.12. The number of hydrogen-bond acceptors (Lipinski definition) is 4. The van der Waals surface area contributed by atoms with Gasteiger partial charge in [-0.05, 0) is 83.3 Å². The third-order valence-electron chi connectivity index (χ3n) is 5.80. The fraction of sp³-hybridized carbons (Fsp3) is 0.129. The summed E-state index contributed by atoms with van der Waals surface area (Å²) in [5, 5.41) is 9.00. The van der Waals surface area contributed by atoms with Crippen molar-refractivity contribution < 1.29 is 23.8 Å². The predicted octanol–water partition coefficient (Wildman–Crippen LogP) is 7.58. The number of carboxylic acid groups (broad SMARTS) is 1. The van der Waals surface area contributed by atoms with Crippen LogP contribution in [0.5, 0.6) is 11.5 Å². The van der Waals surface area contributed by atoms with Gasteiger partial charge in [0.2, 0.25) is 0 Å². The summed E-state index contributed by atoms with van der Waals surface area (Å²) in [5.41, 5.74) is 5.18. The van der Waals surface area contributed by atoms with E-state index in [9.17, 15) is 9.18 Å². The zero-order valence-electron chi connectivity index (χ0n) is 20.6. The van der Waals surface area contributed by atoms with Crippen molar-refractivity contribution in [1.29, 1.82) is 0 Å². The molecule has 0 saturated carbocycles. The first-order valence-electron chi connectivity index (χ1n) is 11.8. The lowest BCUT2D eigenvalue weighted by Crippen LogP contribution is -2.22. The maximum Gasteiger partial charge on any atom is 0.344 e. The highest BCUT2D eigenvalue weighted by molar-refractivity contribution is 7.99. The molecule has 0 aliphatic carbocycles. The minimum absolute atomic E-state index is 0.271. The van der Waals surface area contributed by atoms with Crippen molar-refractivity contribution >= 4 is 23.3 Å². The normalized spacial score (nSPS) is 12.1. The molecule has 0 fully saturated rings. The minimum atomic E-state index is -1.01. The first-order valence-corrected chi connectivity index (χ1v) is 12.7. The zero-order chi connectivity index (χ0) is 26.2. The van der Waals surface area contributed by atoms with Crippen LogP contribution in [0.1, 0.15) is 18.1 Å². The van der Waals surface area contributed by atoms with Crippen LogP contribution in [0.3, 0.4) is 0 Å². The van der Waals surface area contributed by atoms with Gasteiger partial charge in [0.25, 0.3) is 0 Å². The van der Waals surface area contributed by atoms with Gasteiger partial charge < -0.3 is 14.6 Å². The largest absolute Gasteiger partial charge is 0.497 e. The predicted molar refractivity (Wildman–Crippen MR) is 147 cm³/mol. The number of halogens is 1. The molecule has 0 saturated heterocycles. The lowest BCUT2D eigenvalue weighted by molar-refractivity contribution is -0.144. The Labute approximate surface area is 220 Å². The number of carboxylic acids is 1. The molecule has 4 aromatic carbocycles. The second-order valence-corrected chi connectivity index (χ2v) is 9.40. The summed E-state index contributed by atoms with van der Waals surface area (Å²) in [6.45, 7) is 1.50. The average molecular weight is 515 g/mol. The molecule has 1 unspecified atom stereocenters. The monoisotopic (exact) mass is 514 g/mol. The fourth-order valence-corrected chi connectivity index (χ4v) is 4.52. The fourth-order valence-electron chi connectivity index (χ4n) is 3.75. The molecule has 0 aromatic heterocycles. The second-order valence-electron chi connectivity index (χ2n) is 8.31. The molecule has 4 rings (SSSR count). The number of methoxy groups -OCH3 is 1. The summed E-state index contributed by atoms with van der Waals surface area (Å²) >= 11 is 1.64. The lowest BCUT2D eigenvalue weighted by Gasteiger charge is -2.12. The van der Waals surface area contributed by atoms with Crippen molar-refractivity contribution in [2.75, 3.05) is 12.9 Å². The summed E-state index contributed by atoms with van der Waals surface area (Å²) in [5.74, 6) is 0.745. The van der Waals surface area contributed by atoms with Gasteiger partial charge in [-0.3, -0.25) is 0 Å². The second kappa shape index (κ2) is 12.3. The van der Waals surface area contributed by atoms with Crippen LogP contribution < -0.4 is 9.47 Å². The van der Waals surface area contributed by atoms with Crippen molar-refractivity contribution in [3.63, 3.8) is 0 Å². The van der Waals surface area contributed by atoms with E-state index >= 15 is 0 Å². The third-order valence-corrected chi connectivity index (χ3v) is 6.74. The Bertz CT molecular complexity index is 1350. The first kappa shape index (κ1) is 26.0. The smallest absolute Gasteiger partial charge is 0.344 e. The number of ether oxygens (including phenoxy) is 2. The minimum Gasteiger partial charge on any atom is -0.497 e. The summed E-state index contributed by atoms with van der Waals surface area (Å²) in [6.07, 6.45) is 1.23. The molecule has 0 heterocycles. The molecule has 0 bridgehead atoms. The van der Waals surface area contributed by atoms with Gasteiger partial charge in [-0.1, -0.05) is 54.6 Å². The summed E-state index contributed by atoms with van der Waals surface area (Å²) in [6, 6.07) is 30.1. The number of rotatable bonds is 10. The Hall–Kier alpha value is -4.03. The van der Waals surface area contributed by atoms with E-state index in [-0.39, 0.29) is 5.82 Å². The zero-order valence-corrected chi connectivity index (χ0v) is 21.4. The maximum atomic E-state index is 13.6.